The molecule has 0 aliphatic rings. The van der Waals surface area contributed by atoms with Crippen molar-refractivity contribution in [3.8, 4) is 0 Å². The van der Waals surface area contributed by atoms with Crippen LogP contribution in [-0.4, -0.2) is 18.5 Å². The predicted molar refractivity (Wildman–Crippen MR) is 57.6 cm³/mol. The molecular weight excluding hydrogens is 196 g/mol. The van der Waals surface area contributed by atoms with Crippen LogP contribution in [0.25, 0.3) is 0 Å². The van der Waals surface area contributed by atoms with Gasteiger partial charge in [0.25, 0.3) is 0 Å². The second-order valence-electron chi connectivity index (χ2n) is 3.84. The van der Waals surface area contributed by atoms with Crippen LogP contribution in [0.15, 0.2) is 18.2 Å². The van der Waals surface area contributed by atoms with E-state index in [1.165, 1.54) is 12.1 Å². The van der Waals surface area contributed by atoms with Crippen molar-refractivity contribution in [2.45, 2.75) is 26.3 Å². The maximum absolute atomic E-state index is 12.9. The van der Waals surface area contributed by atoms with Crippen molar-refractivity contribution in [3.05, 3.63) is 35.4 Å². The van der Waals surface area contributed by atoms with E-state index < -0.39 is 11.6 Å². The molecule has 0 aliphatic heterocycles. The van der Waals surface area contributed by atoms with Crippen LogP contribution in [-0.2, 0) is 6.54 Å². The largest absolute Gasteiger partial charge is 0.302 e. The monoisotopic (exact) mass is 213 g/mol. The zero-order valence-corrected chi connectivity index (χ0v) is 9.26. The van der Waals surface area contributed by atoms with Gasteiger partial charge < -0.3 is 4.90 Å². The fraction of sp³-hybridized carbons (Fsp3) is 0.500. The van der Waals surface area contributed by atoms with Gasteiger partial charge in [-0.25, -0.2) is 8.78 Å². The van der Waals surface area contributed by atoms with Gasteiger partial charge in [-0.1, -0.05) is 19.4 Å². The highest BCUT2D eigenvalue weighted by atomic mass is 19.2. The Kier molecular flexibility index (Phi) is 4.69. The van der Waals surface area contributed by atoms with Crippen molar-refractivity contribution in [2.75, 3.05) is 13.6 Å². The van der Waals surface area contributed by atoms with Crippen LogP contribution in [0.5, 0.6) is 0 Å². The second kappa shape index (κ2) is 5.81. The SMILES string of the molecule is CCCCN(C)Cc1ccc(F)c(F)c1. The van der Waals surface area contributed by atoms with Gasteiger partial charge in [-0.05, 0) is 37.7 Å². The van der Waals surface area contributed by atoms with Gasteiger partial charge >= 0.3 is 0 Å². The van der Waals surface area contributed by atoms with Crippen LogP contribution in [0.3, 0.4) is 0 Å². The molecule has 1 aromatic rings. The summed E-state index contributed by atoms with van der Waals surface area (Å²) in [7, 11) is 1.98. The summed E-state index contributed by atoms with van der Waals surface area (Å²) in [5.41, 5.74) is 0.813. The Labute approximate surface area is 89.7 Å². The van der Waals surface area contributed by atoms with Crippen molar-refractivity contribution in [1.82, 2.24) is 4.90 Å². The standard InChI is InChI=1S/C12H17F2N/c1-3-4-7-15(2)9-10-5-6-11(13)12(14)8-10/h5-6,8H,3-4,7,9H2,1-2H3. The molecule has 0 aromatic heterocycles. The molecule has 0 bridgehead atoms. The summed E-state index contributed by atoms with van der Waals surface area (Å²) < 4.78 is 25.5. The molecule has 0 heterocycles. The molecule has 1 nitrogen and oxygen atoms in total. The summed E-state index contributed by atoms with van der Waals surface area (Å²) in [6.45, 7) is 3.78. The number of unbranched alkanes of at least 4 members (excludes halogenated alkanes) is 1. The van der Waals surface area contributed by atoms with Crippen molar-refractivity contribution in [3.63, 3.8) is 0 Å². The maximum atomic E-state index is 12.9. The molecule has 0 fully saturated rings. The lowest BCUT2D eigenvalue weighted by Gasteiger charge is -2.16. The van der Waals surface area contributed by atoms with E-state index in [1.54, 1.807) is 6.07 Å². The van der Waals surface area contributed by atoms with E-state index in [-0.39, 0.29) is 0 Å². The first-order chi connectivity index (χ1) is 7.13. The Bertz CT molecular complexity index is 312. The quantitative estimate of drug-likeness (QED) is 0.726. The van der Waals surface area contributed by atoms with E-state index in [0.29, 0.717) is 6.54 Å². The van der Waals surface area contributed by atoms with Gasteiger partial charge in [0.2, 0.25) is 0 Å². The summed E-state index contributed by atoms with van der Waals surface area (Å²) in [5.74, 6) is -1.55. The second-order valence-corrected chi connectivity index (χ2v) is 3.84. The van der Waals surface area contributed by atoms with Gasteiger partial charge in [-0.2, -0.15) is 0 Å². The lowest BCUT2D eigenvalue weighted by Crippen LogP contribution is -2.19. The molecule has 0 amide bonds. The normalized spacial score (nSPS) is 11.0. The summed E-state index contributed by atoms with van der Waals surface area (Å²) in [6, 6.07) is 4.07. The first-order valence-corrected chi connectivity index (χ1v) is 5.26. The fourth-order valence-corrected chi connectivity index (χ4v) is 1.46. The molecule has 0 unspecified atom stereocenters. The molecule has 0 atom stereocenters. The third-order valence-electron chi connectivity index (χ3n) is 2.33. The molecule has 0 aliphatic carbocycles. The van der Waals surface area contributed by atoms with Crippen LogP contribution in [0.1, 0.15) is 25.3 Å². The molecule has 0 radical (unpaired) electrons. The predicted octanol–water partition coefficient (Wildman–Crippen LogP) is 3.20. The highest BCUT2D eigenvalue weighted by Gasteiger charge is 2.04. The number of hydrogen-bond acceptors (Lipinski definition) is 1. The van der Waals surface area contributed by atoms with Crippen LogP contribution in [0.2, 0.25) is 0 Å². The molecule has 0 saturated carbocycles. The molecule has 84 valence electrons. The first kappa shape index (κ1) is 12.1. The first-order valence-electron chi connectivity index (χ1n) is 5.26. The Morgan fingerprint density at radius 3 is 2.53 bits per heavy atom. The summed E-state index contributed by atoms with van der Waals surface area (Å²) in [5, 5.41) is 0. The minimum absolute atomic E-state index is 0.664. The van der Waals surface area contributed by atoms with Gasteiger partial charge in [0.05, 0.1) is 0 Å². The van der Waals surface area contributed by atoms with Gasteiger partial charge in [-0.3, -0.25) is 0 Å². The van der Waals surface area contributed by atoms with E-state index in [1.807, 2.05) is 7.05 Å². The molecule has 0 saturated heterocycles. The fourth-order valence-electron chi connectivity index (χ4n) is 1.46. The van der Waals surface area contributed by atoms with E-state index in [9.17, 15) is 8.78 Å². The van der Waals surface area contributed by atoms with E-state index in [2.05, 4.69) is 11.8 Å². The number of rotatable bonds is 5. The van der Waals surface area contributed by atoms with E-state index in [4.69, 9.17) is 0 Å². The molecular formula is C12H17F2N. The summed E-state index contributed by atoms with van der Waals surface area (Å²) in [4.78, 5) is 2.11. The average Bonchev–Trinajstić information content (AvgIpc) is 2.20. The van der Waals surface area contributed by atoms with Gasteiger partial charge in [-0.15, -0.1) is 0 Å². The Hall–Kier alpha value is -0.960. The number of halogens is 2. The summed E-state index contributed by atoms with van der Waals surface area (Å²) in [6.07, 6.45) is 2.27. The molecule has 0 spiro atoms. The van der Waals surface area contributed by atoms with Gasteiger partial charge in [0.15, 0.2) is 11.6 Å². The molecule has 3 heteroatoms. The van der Waals surface area contributed by atoms with Crippen molar-refractivity contribution in [1.29, 1.82) is 0 Å². The van der Waals surface area contributed by atoms with Crippen molar-refractivity contribution < 1.29 is 8.78 Å². The Morgan fingerprint density at radius 1 is 1.20 bits per heavy atom. The lowest BCUT2D eigenvalue weighted by molar-refractivity contribution is 0.320. The average molecular weight is 213 g/mol. The third-order valence-corrected chi connectivity index (χ3v) is 2.33. The highest BCUT2D eigenvalue weighted by Crippen LogP contribution is 2.10. The third kappa shape index (κ3) is 3.96. The van der Waals surface area contributed by atoms with Crippen molar-refractivity contribution >= 4 is 0 Å². The van der Waals surface area contributed by atoms with E-state index in [0.717, 1.165) is 24.9 Å². The van der Waals surface area contributed by atoms with E-state index >= 15 is 0 Å². The topological polar surface area (TPSA) is 3.24 Å². The Morgan fingerprint density at radius 2 is 1.93 bits per heavy atom. The lowest BCUT2D eigenvalue weighted by atomic mass is 10.2. The van der Waals surface area contributed by atoms with Crippen LogP contribution < -0.4 is 0 Å². The van der Waals surface area contributed by atoms with Gasteiger partial charge in [0, 0.05) is 6.54 Å². The molecule has 1 rings (SSSR count). The van der Waals surface area contributed by atoms with Crippen molar-refractivity contribution in [2.24, 2.45) is 0 Å². The molecule has 15 heavy (non-hydrogen) atoms. The number of nitrogens with zero attached hydrogens (tertiary/aromatic N) is 1. The molecule has 1 aromatic carbocycles. The zero-order chi connectivity index (χ0) is 11.3. The summed E-state index contributed by atoms with van der Waals surface area (Å²) >= 11 is 0. The number of benzene rings is 1. The Balaban J connectivity index is 2.53. The van der Waals surface area contributed by atoms with Crippen LogP contribution in [0.4, 0.5) is 8.78 Å². The smallest absolute Gasteiger partial charge is 0.159 e. The van der Waals surface area contributed by atoms with Crippen LogP contribution in [0, 0.1) is 11.6 Å². The minimum atomic E-state index is -0.782. The molecule has 0 N–H and O–H groups in total. The maximum Gasteiger partial charge on any atom is 0.159 e. The van der Waals surface area contributed by atoms with Crippen LogP contribution >= 0.6 is 0 Å². The number of hydrogen-bond donors (Lipinski definition) is 0. The minimum Gasteiger partial charge on any atom is -0.302 e. The van der Waals surface area contributed by atoms with Gasteiger partial charge in [0.1, 0.15) is 0 Å². The zero-order valence-electron chi connectivity index (χ0n) is 9.26. The highest BCUT2D eigenvalue weighted by molar-refractivity contribution is 5.17.